The summed E-state index contributed by atoms with van der Waals surface area (Å²) >= 11 is 0. The molecule has 0 aliphatic rings. The van der Waals surface area contributed by atoms with Gasteiger partial charge in [-0.2, -0.15) is 0 Å². The van der Waals surface area contributed by atoms with E-state index in [9.17, 15) is 9.59 Å². The summed E-state index contributed by atoms with van der Waals surface area (Å²) < 4.78 is 10.2. The Kier molecular flexibility index (Phi) is 6.46. The molecular formula is C27H32N4O3. The first-order valence-electron chi connectivity index (χ1n) is 11.7. The van der Waals surface area contributed by atoms with Crippen LogP contribution in [0.4, 0.5) is 0 Å². The van der Waals surface area contributed by atoms with E-state index in [4.69, 9.17) is 9.72 Å². The predicted octanol–water partition coefficient (Wildman–Crippen LogP) is 4.17. The van der Waals surface area contributed by atoms with Crippen molar-refractivity contribution in [1.82, 2.24) is 18.7 Å². The van der Waals surface area contributed by atoms with E-state index >= 15 is 0 Å². The van der Waals surface area contributed by atoms with Crippen molar-refractivity contribution in [3.63, 3.8) is 0 Å². The lowest BCUT2D eigenvalue weighted by molar-refractivity contribution is 0.414. The fourth-order valence-electron chi connectivity index (χ4n) is 4.26. The van der Waals surface area contributed by atoms with Gasteiger partial charge in [0, 0.05) is 18.5 Å². The van der Waals surface area contributed by atoms with Crippen LogP contribution in [0.25, 0.3) is 11.2 Å². The maximum atomic E-state index is 13.7. The summed E-state index contributed by atoms with van der Waals surface area (Å²) in [4.78, 5) is 32.1. The van der Waals surface area contributed by atoms with E-state index in [1.165, 1.54) is 4.57 Å². The Morgan fingerprint density at radius 2 is 1.47 bits per heavy atom. The van der Waals surface area contributed by atoms with Crippen LogP contribution in [0.3, 0.4) is 0 Å². The van der Waals surface area contributed by atoms with Crippen LogP contribution in [0.2, 0.25) is 0 Å². The van der Waals surface area contributed by atoms with Gasteiger partial charge < -0.3 is 9.30 Å². The number of aromatic nitrogens is 4. The molecule has 0 aliphatic heterocycles. The molecule has 0 atom stereocenters. The van der Waals surface area contributed by atoms with Crippen LogP contribution in [0.1, 0.15) is 51.1 Å². The molecular weight excluding hydrogens is 428 g/mol. The van der Waals surface area contributed by atoms with Crippen LogP contribution < -0.4 is 16.0 Å². The Bertz CT molecular complexity index is 1410. The molecule has 34 heavy (non-hydrogen) atoms. The van der Waals surface area contributed by atoms with E-state index in [2.05, 4.69) is 20.8 Å². The molecule has 2 heterocycles. The van der Waals surface area contributed by atoms with Gasteiger partial charge in [-0.05, 0) is 29.7 Å². The molecule has 7 heteroatoms. The fraction of sp³-hybridized carbons (Fsp3) is 0.370. The molecule has 2 aromatic carbocycles. The van der Waals surface area contributed by atoms with Crippen LogP contribution in [0.5, 0.6) is 5.75 Å². The Morgan fingerprint density at radius 3 is 2.06 bits per heavy atom. The summed E-state index contributed by atoms with van der Waals surface area (Å²) in [7, 11) is 1.62. The molecule has 0 amide bonds. The van der Waals surface area contributed by atoms with Crippen molar-refractivity contribution >= 4 is 11.2 Å². The number of ether oxygens (including phenoxy) is 1. The van der Waals surface area contributed by atoms with Crippen molar-refractivity contribution in [2.75, 3.05) is 7.11 Å². The highest BCUT2D eigenvalue weighted by Crippen LogP contribution is 2.26. The lowest BCUT2D eigenvalue weighted by Crippen LogP contribution is -2.40. The van der Waals surface area contributed by atoms with Crippen LogP contribution in [-0.4, -0.2) is 25.8 Å². The first-order chi connectivity index (χ1) is 16.2. The van der Waals surface area contributed by atoms with Gasteiger partial charge >= 0.3 is 5.69 Å². The van der Waals surface area contributed by atoms with Gasteiger partial charge in [0.05, 0.1) is 13.7 Å². The Balaban J connectivity index is 2.00. The van der Waals surface area contributed by atoms with Crippen molar-refractivity contribution in [3.8, 4) is 5.75 Å². The van der Waals surface area contributed by atoms with E-state index in [1.807, 2.05) is 66.1 Å². The van der Waals surface area contributed by atoms with Gasteiger partial charge in [0.1, 0.15) is 11.6 Å². The molecule has 0 fully saturated rings. The number of hydrogen-bond donors (Lipinski definition) is 0. The quantitative estimate of drug-likeness (QED) is 0.415. The minimum Gasteiger partial charge on any atom is -0.497 e. The standard InChI is InChI=1S/C27H32N4O3/c1-6-16-29-24(32)22-23(31(26(29)33)18-20-12-14-21(34-5)15-13-20)28-25(27(2,3)4)30(22)17-19-10-8-7-9-11-19/h7-15H,6,16-18H2,1-5H3. The Morgan fingerprint density at radius 1 is 0.853 bits per heavy atom. The van der Waals surface area contributed by atoms with Gasteiger partial charge in [-0.3, -0.25) is 13.9 Å². The Hall–Kier alpha value is -3.61. The SMILES string of the molecule is CCCn1c(=O)c2c(nc(C(C)(C)C)n2Cc2ccccc2)n(Cc2ccc(OC)cc2)c1=O. The fourth-order valence-corrected chi connectivity index (χ4v) is 4.26. The molecule has 0 unspecified atom stereocenters. The number of fused-ring (bicyclic) bond motifs is 1. The smallest absolute Gasteiger partial charge is 0.333 e. The minimum absolute atomic E-state index is 0.285. The highest BCUT2D eigenvalue weighted by atomic mass is 16.5. The van der Waals surface area contributed by atoms with Crippen molar-refractivity contribution in [1.29, 1.82) is 0 Å². The predicted molar refractivity (Wildman–Crippen MR) is 135 cm³/mol. The third-order valence-corrected chi connectivity index (χ3v) is 5.92. The average molecular weight is 461 g/mol. The normalized spacial score (nSPS) is 11.8. The van der Waals surface area contributed by atoms with Crippen LogP contribution in [0.15, 0.2) is 64.2 Å². The van der Waals surface area contributed by atoms with E-state index < -0.39 is 0 Å². The molecule has 7 nitrogen and oxygen atoms in total. The van der Waals surface area contributed by atoms with Crippen LogP contribution in [0, 0.1) is 0 Å². The number of imidazole rings is 1. The second-order valence-electron chi connectivity index (χ2n) is 9.60. The topological polar surface area (TPSA) is 71.1 Å². The van der Waals surface area contributed by atoms with Gasteiger partial charge in [0.25, 0.3) is 5.56 Å². The van der Waals surface area contributed by atoms with Crippen molar-refractivity contribution < 1.29 is 4.74 Å². The van der Waals surface area contributed by atoms with Crippen LogP contribution >= 0.6 is 0 Å². The number of hydrogen-bond acceptors (Lipinski definition) is 4. The van der Waals surface area contributed by atoms with Gasteiger partial charge in [0.2, 0.25) is 0 Å². The molecule has 0 saturated carbocycles. The second kappa shape index (κ2) is 9.33. The lowest BCUT2D eigenvalue weighted by atomic mass is 9.95. The lowest BCUT2D eigenvalue weighted by Gasteiger charge is -2.20. The maximum absolute atomic E-state index is 13.7. The first-order valence-corrected chi connectivity index (χ1v) is 11.7. The average Bonchev–Trinajstić information content (AvgIpc) is 3.20. The molecule has 2 aromatic heterocycles. The van der Waals surface area contributed by atoms with E-state index in [-0.39, 0.29) is 16.7 Å². The second-order valence-corrected chi connectivity index (χ2v) is 9.60. The van der Waals surface area contributed by atoms with E-state index in [0.29, 0.717) is 37.2 Å². The Labute approximate surface area is 199 Å². The largest absolute Gasteiger partial charge is 0.497 e. The summed E-state index contributed by atoms with van der Waals surface area (Å²) in [6.07, 6.45) is 0.683. The molecule has 0 N–H and O–H groups in total. The van der Waals surface area contributed by atoms with Crippen molar-refractivity contribution in [3.05, 3.63) is 92.4 Å². The third-order valence-electron chi connectivity index (χ3n) is 5.92. The summed E-state index contributed by atoms with van der Waals surface area (Å²) in [6, 6.07) is 17.6. The number of benzene rings is 2. The van der Waals surface area contributed by atoms with Crippen molar-refractivity contribution in [2.45, 2.75) is 59.2 Å². The molecule has 0 bridgehead atoms. The highest BCUT2D eigenvalue weighted by Gasteiger charge is 2.27. The highest BCUT2D eigenvalue weighted by molar-refractivity contribution is 5.72. The first kappa shape index (κ1) is 23.5. The summed E-state index contributed by atoms with van der Waals surface area (Å²) in [6.45, 7) is 9.37. The molecule has 178 valence electrons. The minimum atomic E-state index is -0.333. The summed E-state index contributed by atoms with van der Waals surface area (Å²) in [5.74, 6) is 1.53. The van der Waals surface area contributed by atoms with Gasteiger partial charge in [-0.15, -0.1) is 0 Å². The number of nitrogens with zero attached hydrogens (tertiary/aromatic N) is 4. The monoisotopic (exact) mass is 460 g/mol. The van der Waals surface area contributed by atoms with Crippen molar-refractivity contribution in [2.24, 2.45) is 0 Å². The molecule has 0 aliphatic carbocycles. The van der Waals surface area contributed by atoms with E-state index in [0.717, 1.165) is 22.7 Å². The zero-order chi connectivity index (χ0) is 24.5. The maximum Gasteiger partial charge on any atom is 0.333 e. The molecule has 0 spiro atoms. The molecule has 4 aromatic rings. The van der Waals surface area contributed by atoms with Gasteiger partial charge in [0.15, 0.2) is 11.2 Å². The van der Waals surface area contributed by atoms with E-state index in [1.54, 1.807) is 11.7 Å². The van der Waals surface area contributed by atoms with Crippen LogP contribution in [-0.2, 0) is 25.0 Å². The number of rotatable bonds is 7. The summed E-state index contributed by atoms with van der Waals surface area (Å²) in [5.41, 5.74) is 1.96. The molecule has 4 rings (SSSR count). The van der Waals surface area contributed by atoms with Gasteiger partial charge in [-0.1, -0.05) is 70.2 Å². The summed E-state index contributed by atoms with van der Waals surface area (Å²) in [5, 5.41) is 0. The molecule has 0 saturated heterocycles. The van der Waals surface area contributed by atoms with Gasteiger partial charge in [-0.25, -0.2) is 9.78 Å². The molecule has 0 radical (unpaired) electrons. The zero-order valence-electron chi connectivity index (χ0n) is 20.5. The zero-order valence-corrected chi connectivity index (χ0v) is 20.5. The third kappa shape index (κ3) is 4.42. The number of methoxy groups -OCH3 is 1.